The number of hydrogen-bond acceptors (Lipinski definition) is 2. The lowest BCUT2D eigenvalue weighted by Crippen LogP contribution is -2.43. The number of fused-ring (bicyclic) bond motifs is 1. The normalized spacial score (nSPS) is 24.2. The molecule has 2 heteroatoms. The van der Waals surface area contributed by atoms with E-state index in [9.17, 15) is 0 Å². The molecule has 1 N–H and O–H groups in total. The van der Waals surface area contributed by atoms with E-state index in [0.717, 1.165) is 12.6 Å². The maximum Gasteiger partial charge on any atom is 0.0414 e. The average molecular weight is 286 g/mol. The summed E-state index contributed by atoms with van der Waals surface area (Å²) < 4.78 is 0. The second-order valence-electron chi connectivity index (χ2n) is 6.79. The summed E-state index contributed by atoms with van der Waals surface area (Å²) in [6, 6.07) is 10.4. The summed E-state index contributed by atoms with van der Waals surface area (Å²) in [6.45, 7) is 4.52. The Morgan fingerprint density at radius 2 is 1.86 bits per heavy atom. The first-order valence-electron chi connectivity index (χ1n) is 8.96. The Balaban J connectivity index is 1.85. The zero-order chi connectivity index (χ0) is 14.5. The van der Waals surface area contributed by atoms with Gasteiger partial charge in [0.05, 0.1) is 0 Å². The zero-order valence-electron chi connectivity index (χ0n) is 13.5. The molecule has 1 saturated carbocycles. The van der Waals surface area contributed by atoms with Gasteiger partial charge in [-0.25, -0.2) is 0 Å². The van der Waals surface area contributed by atoms with Gasteiger partial charge < -0.3 is 10.2 Å². The Morgan fingerprint density at radius 3 is 2.62 bits per heavy atom. The molecule has 3 rings (SSSR count). The molecule has 0 bridgehead atoms. The Hall–Kier alpha value is -1.02. The van der Waals surface area contributed by atoms with E-state index in [2.05, 4.69) is 41.4 Å². The first kappa shape index (κ1) is 14.9. The number of para-hydroxylation sites is 1. The highest BCUT2D eigenvalue weighted by molar-refractivity contribution is 5.55. The fourth-order valence-corrected chi connectivity index (χ4v) is 4.05. The number of rotatable bonds is 3. The first-order chi connectivity index (χ1) is 10.4. The molecular weight excluding hydrogens is 256 g/mol. The van der Waals surface area contributed by atoms with Crippen molar-refractivity contribution < 1.29 is 0 Å². The van der Waals surface area contributed by atoms with Gasteiger partial charge in [0.15, 0.2) is 0 Å². The van der Waals surface area contributed by atoms with Gasteiger partial charge in [-0.3, -0.25) is 0 Å². The van der Waals surface area contributed by atoms with Crippen molar-refractivity contribution in [2.75, 3.05) is 11.4 Å². The van der Waals surface area contributed by atoms with Crippen LogP contribution in [-0.2, 0) is 6.54 Å². The maximum absolute atomic E-state index is 3.78. The topological polar surface area (TPSA) is 15.3 Å². The molecule has 0 aromatic heterocycles. The van der Waals surface area contributed by atoms with Crippen LogP contribution in [0.4, 0.5) is 5.69 Å². The van der Waals surface area contributed by atoms with Crippen molar-refractivity contribution in [2.24, 2.45) is 0 Å². The molecule has 0 saturated heterocycles. The highest BCUT2D eigenvalue weighted by atomic mass is 15.2. The van der Waals surface area contributed by atoms with E-state index in [1.807, 2.05) is 0 Å². The van der Waals surface area contributed by atoms with E-state index < -0.39 is 0 Å². The van der Waals surface area contributed by atoms with Gasteiger partial charge in [-0.2, -0.15) is 0 Å². The number of benzene rings is 1. The van der Waals surface area contributed by atoms with Crippen molar-refractivity contribution in [3.05, 3.63) is 29.8 Å². The summed E-state index contributed by atoms with van der Waals surface area (Å²) in [4.78, 5) is 2.75. The fraction of sp³-hybridized carbons (Fsp3) is 0.684. The van der Waals surface area contributed by atoms with E-state index in [1.54, 1.807) is 0 Å². The molecule has 1 fully saturated rings. The SMILES string of the molecule is CCCC1CN(C2CCCCCC2)c2ccccc2CN1. The monoisotopic (exact) mass is 286 g/mol. The van der Waals surface area contributed by atoms with E-state index >= 15 is 0 Å². The summed E-state index contributed by atoms with van der Waals surface area (Å²) in [5.41, 5.74) is 2.98. The second-order valence-corrected chi connectivity index (χ2v) is 6.79. The third-order valence-electron chi connectivity index (χ3n) is 5.20. The lowest BCUT2D eigenvalue weighted by molar-refractivity contribution is 0.444. The van der Waals surface area contributed by atoms with Crippen LogP contribution in [0.25, 0.3) is 0 Å². The molecule has 1 aliphatic carbocycles. The van der Waals surface area contributed by atoms with E-state index in [4.69, 9.17) is 0 Å². The lowest BCUT2D eigenvalue weighted by atomic mass is 10.0. The van der Waals surface area contributed by atoms with Gasteiger partial charge in [-0.05, 0) is 30.9 Å². The van der Waals surface area contributed by atoms with Gasteiger partial charge in [-0.1, -0.05) is 57.2 Å². The van der Waals surface area contributed by atoms with E-state index in [1.165, 1.54) is 69.2 Å². The standard InChI is InChI=1S/C19H30N2/c1-2-9-17-15-21(18-11-5-3-4-6-12-18)19-13-8-7-10-16(19)14-20-17/h7-8,10,13,17-18,20H,2-6,9,11-12,14-15H2,1H3. The van der Waals surface area contributed by atoms with Crippen LogP contribution in [0.15, 0.2) is 24.3 Å². The summed E-state index contributed by atoms with van der Waals surface area (Å²) in [5.74, 6) is 0. The van der Waals surface area contributed by atoms with Gasteiger partial charge in [0.1, 0.15) is 0 Å². The molecule has 1 aromatic carbocycles. The molecule has 1 aromatic rings. The van der Waals surface area contributed by atoms with Gasteiger partial charge in [0.2, 0.25) is 0 Å². The quantitative estimate of drug-likeness (QED) is 0.824. The van der Waals surface area contributed by atoms with Crippen molar-refractivity contribution in [1.29, 1.82) is 0 Å². The van der Waals surface area contributed by atoms with Crippen molar-refractivity contribution in [3.63, 3.8) is 0 Å². The predicted molar refractivity (Wildman–Crippen MR) is 90.8 cm³/mol. The Kier molecular flexibility index (Phi) is 5.18. The van der Waals surface area contributed by atoms with Crippen molar-refractivity contribution in [2.45, 2.75) is 76.9 Å². The van der Waals surface area contributed by atoms with E-state index in [0.29, 0.717) is 6.04 Å². The minimum atomic E-state index is 0.644. The van der Waals surface area contributed by atoms with Crippen LogP contribution in [0.5, 0.6) is 0 Å². The Bertz CT molecular complexity index is 435. The smallest absolute Gasteiger partial charge is 0.0414 e. The molecule has 2 nitrogen and oxygen atoms in total. The van der Waals surface area contributed by atoms with Crippen LogP contribution in [0, 0.1) is 0 Å². The summed E-state index contributed by atoms with van der Waals surface area (Å²) in [5, 5.41) is 3.78. The molecule has 0 radical (unpaired) electrons. The predicted octanol–water partition coefficient (Wildman–Crippen LogP) is 4.49. The first-order valence-corrected chi connectivity index (χ1v) is 8.96. The third kappa shape index (κ3) is 3.60. The number of nitrogens with one attached hydrogen (secondary N) is 1. The van der Waals surface area contributed by atoms with Gasteiger partial charge >= 0.3 is 0 Å². The fourth-order valence-electron chi connectivity index (χ4n) is 4.05. The zero-order valence-corrected chi connectivity index (χ0v) is 13.5. The van der Waals surface area contributed by atoms with E-state index in [-0.39, 0.29) is 0 Å². The second kappa shape index (κ2) is 7.31. The average Bonchev–Trinajstić information content (AvgIpc) is 2.87. The lowest BCUT2D eigenvalue weighted by Gasteiger charge is -2.35. The molecule has 0 spiro atoms. The molecule has 0 amide bonds. The van der Waals surface area contributed by atoms with Crippen LogP contribution >= 0.6 is 0 Å². The summed E-state index contributed by atoms with van der Waals surface area (Å²) in [7, 11) is 0. The molecule has 1 atom stereocenters. The van der Waals surface area contributed by atoms with Crippen LogP contribution in [0.2, 0.25) is 0 Å². The number of hydrogen-bond donors (Lipinski definition) is 1. The number of nitrogens with zero attached hydrogens (tertiary/aromatic N) is 1. The van der Waals surface area contributed by atoms with Crippen molar-refractivity contribution >= 4 is 5.69 Å². The minimum Gasteiger partial charge on any atom is -0.367 e. The molecule has 2 aliphatic rings. The number of anilines is 1. The van der Waals surface area contributed by atoms with Gasteiger partial charge in [0.25, 0.3) is 0 Å². The highest BCUT2D eigenvalue weighted by Gasteiger charge is 2.26. The van der Waals surface area contributed by atoms with Gasteiger partial charge in [-0.15, -0.1) is 0 Å². The molecule has 116 valence electrons. The third-order valence-corrected chi connectivity index (χ3v) is 5.20. The molecular formula is C19H30N2. The molecule has 1 unspecified atom stereocenters. The van der Waals surface area contributed by atoms with Crippen LogP contribution in [0.1, 0.15) is 63.9 Å². The molecule has 1 aliphatic heterocycles. The minimum absolute atomic E-state index is 0.644. The summed E-state index contributed by atoms with van der Waals surface area (Å²) in [6.07, 6.45) is 11.0. The maximum atomic E-state index is 3.78. The van der Waals surface area contributed by atoms with Crippen molar-refractivity contribution in [1.82, 2.24) is 5.32 Å². The van der Waals surface area contributed by atoms with Crippen LogP contribution in [0.3, 0.4) is 0 Å². The largest absolute Gasteiger partial charge is 0.367 e. The van der Waals surface area contributed by atoms with Crippen LogP contribution < -0.4 is 10.2 Å². The van der Waals surface area contributed by atoms with Gasteiger partial charge in [0, 0.05) is 30.9 Å². The van der Waals surface area contributed by atoms with Crippen molar-refractivity contribution in [3.8, 4) is 0 Å². The molecule has 1 heterocycles. The highest BCUT2D eigenvalue weighted by Crippen LogP contribution is 2.31. The Labute approximate surface area is 129 Å². The molecule has 21 heavy (non-hydrogen) atoms. The summed E-state index contributed by atoms with van der Waals surface area (Å²) >= 11 is 0. The van der Waals surface area contributed by atoms with Crippen LogP contribution in [-0.4, -0.2) is 18.6 Å². The Morgan fingerprint density at radius 1 is 1.10 bits per heavy atom.